The number of rotatable bonds is 4. The molecule has 1 aromatic rings. The van der Waals surface area contributed by atoms with E-state index in [1.54, 1.807) is 4.90 Å². The number of hydrogen-bond donors (Lipinski definition) is 0. The second-order valence-electron chi connectivity index (χ2n) is 8.07. The van der Waals surface area contributed by atoms with Gasteiger partial charge in [-0.3, -0.25) is 4.79 Å². The van der Waals surface area contributed by atoms with Crippen LogP contribution in [0.5, 0.6) is 0 Å². The van der Waals surface area contributed by atoms with Gasteiger partial charge in [0.25, 0.3) is 0 Å². The number of carbonyl (C=O) groups excluding carboxylic acids is 2. The molecule has 1 saturated carbocycles. The Labute approximate surface area is 149 Å². The smallest absolute Gasteiger partial charge is 0.410 e. The number of hydrogen-bond acceptors (Lipinski definition) is 4. The molecule has 0 spiro atoms. The van der Waals surface area contributed by atoms with Crippen LogP contribution in [0, 0.1) is 17.8 Å². The van der Waals surface area contributed by atoms with Gasteiger partial charge in [-0.25, -0.2) is 4.79 Å². The molecule has 0 radical (unpaired) electrons. The Morgan fingerprint density at radius 3 is 2.60 bits per heavy atom. The van der Waals surface area contributed by atoms with E-state index in [0.29, 0.717) is 31.5 Å². The Morgan fingerprint density at radius 2 is 1.92 bits per heavy atom. The van der Waals surface area contributed by atoms with Crippen LogP contribution >= 0.6 is 0 Å². The van der Waals surface area contributed by atoms with Gasteiger partial charge in [-0.15, -0.1) is 0 Å². The fourth-order valence-electron chi connectivity index (χ4n) is 3.50. The average molecular weight is 345 g/mol. The van der Waals surface area contributed by atoms with Crippen LogP contribution in [0.2, 0.25) is 0 Å². The number of amides is 1. The second kappa shape index (κ2) is 7.06. The van der Waals surface area contributed by atoms with Crippen molar-refractivity contribution in [2.45, 2.75) is 45.8 Å². The highest BCUT2D eigenvalue weighted by Crippen LogP contribution is 2.48. The van der Waals surface area contributed by atoms with Gasteiger partial charge in [0, 0.05) is 13.1 Å². The lowest BCUT2D eigenvalue weighted by Gasteiger charge is -2.20. The molecule has 1 aromatic carbocycles. The van der Waals surface area contributed by atoms with E-state index in [0.717, 1.165) is 18.4 Å². The van der Waals surface area contributed by atoms with E-state index in [4.69, 9.17) is 9.47 Å². The maximum atomic E-state index is 12.2. The Bertz CT molecular complexity index is 622. The van der Waals surface area contributed by atoms with Crippen LogP contribution in [-0.2, 0) is 20.9 Å². The number of carbonyl (C=O) groups is 2. The molecular formula is C20H27NO4. The van der Waals surface area contributed by atoms with E-state index in [9.17, 15) is 9.59 Å². The lowest BCUT2D eigenvalue weighted by Crippen LogP contribution is -2.30. The zero-order valence-corrected chi connectivity index (χ0v) is 15.2. The zero-order chi connectivity index (χ0) is 18.0. The Morgan fingerprint density at radius 1 is 1.20 bits per heavy atom. The Balaban J connectivity index is 1.43. The van der Waals surface area contributed by atoms with Gasteiger partial charge >= 0.3 is 12.1 Å². The highest BCUT2D eigenvalue weighted by Gasteiger charge is 2.51. The summed E-state index contributed by atoms with van der Waals surface area (Å²) >= 11 is 0. The van der Waals surface area contributed by atoms with Crippen LogP contribution in [0.1, 0.15) is 39.2 Å². The van der Waals surface area contributed by atoms with Gasteiger partial charge < -0.3 is 14.4 Å². The standard InChI is InChI=1S/C20H27NO4/c1-20(2,3)25-18(22)17-11-16(17)15-9-10-21(12-15)19(23)24-13-14-7-5-4-6-8-14/h4-8,15-17H,9-13H2,1-3H3. The summed E-state index contributed by atoms with van der Waals surface area (Å²) in [7, 11) is 0. The third-order valence-electron chi connectivity index (χ3n) is 4.84. The first-order valence-corrected chi connectivity index (χ1v) is 9.02. The number of likely N-dealkylation sites (tertiary alicyclic amines) is 1. The normalized spacial score (nSPS) is 25.6. The molecule has 0 aromatic heterocycles. The highest BCUT2D eigenvalue weighted by molar-refractivity contribution is 5.76. The molecule has 5 nitrogen and oxygen atoms in total. The van der Waals surface area contributed by atoms with E-state index in [1.807, 2.05) is 51.1 Å². The van der Waals surface area contributed by atoms with Crippen LogP contribution in [-0.4, -0.2) is 35.7 Å². The molecule has 136 valence electrons. The maximum Gasteiger partial charge on any atom is 0.410 e. The zero-order valence-electron chi connectivity index (χ0n) is 15.2. The Hall–Kier alpha value is -2.04. The first kappa shape index (κ1) is 17.8. The minimum absolute atomic E-state index is 0.00418. The average Bonchev–Trinajstić information content (AvgIpc) is 3.21. The summed E-state index contributed by atoms with van der Waals surface area (Å²) in [6.07, 6.45) is 1.55. The monoisotopic (exact) mass is 345 g/mol. The lowest BCUT2D eigenvalue weighted by atomic mass is 10.0. The second-order valence-corrected chi connectivity index (χ2v) is 8.07. The van der Waals surface area contributed by atoms with E-state index in [-0.39, 0.29) is 18.0 Å². The SMILES string of the molecule is CC(C)(C)OC(=O)C1CC1C1CCN(C(=O)OCc2ccccc2)C1. The third kappa shape index (κ3) is 4.74. The molecule has 0 bridgehead atoms. The van der Waals surface area contributed by atoms with Crippen molar-refractivity contribution in [3.8, 4) is 0 Å². The van der Waals surface area contributed by atoms with Crippen molar-refractivity contribution in [1.29, 1.82) is 0 Å². The molecule has 1 amide bonds. The van der Waals surface area contributed by atoms with Crippen LogP contribution in [0.15, 0.2) is 30.3 Å². The molecule has 25 heavy (non-hydrogen) atoms. The molecule has 1 heterocycles. The van der Waals surface area contributed by atoms with Gasteiger partial charge in [0.05, 0.1) is 5.92 Å². The number of ether oxygens (including phenoxy) is 2. The molecular weight excluding hydrogens is 318 g/mol. The van der Waals surface area contributed by atoms with Crippen molar-refractivity contribution < 1.29 is 19.1 Å². The summed E-state index contributed by atoms with van der Waals surface area (Å²) < 4.78 is 10.9. The fraction of sp³-hybridized carbons (Fsp3) is 0.600. The van der Waals surface area contributed by atoms with E-state index < -0.39 is 5.60 Å². The summed E-state index contributed by atoms with van der Waals surface area (Å²) in [5, 5.41) is 0. The van der Waals surface area contributed by atoms with Crippen molar-refractivity contribution in [3.05, 3.63) is 35.9 Å². The van der Waals surface area contributed by atoms with Crippen LogP contribution in [0.3, 0.4) is 0 Å². The van der Waals surface area contributed by atoms with E-state index in [1.165, 1.54) is 0 Å². The van der Waals surface area contributed by atoms with Gasteiger partial charge in [-0.1, -0.05) is 30.3 Å². The van der Waals surface area contributed by atoms with Crippen LogP contribution in [0.25, 0.3) is 0 Å². The predicted molar refractivity (Wildman–Crippen MR) is 93.7 cm³/mol. The van der Waals surface area contributed by atoms with Crippen LogP contribution in [0.4, 0.5) is 4.79 Å². The summed E-state index contributed by atoms with van der Waals surface area (Å²) in [6.45, 7) is 7.35. The van der Waals surface area contributed by atoms with Gasteiger partial charge in [0.15, 0.2) is 0 Å². The minimum atomic E-state index is -0.437. The molecule has 1 saturated heterocycles. The topological polar surface area (TPSA) is 55.8 Å². The van der Waals surface area contributed by atoms with Crippen LogP contribution < -0.4 is 0 Å². The summed E-state index contributed by atoms with van der Waals surface area (Å²) in [6, 6.07) is 9.68. The first-order valence-electron chi connectivity index (χ1n) is 9.02. The summed E-state index contributed by atoms with van der Waals surface area (Å²) in [5.74, 6) is 0.635. The highest BCUT2D eigenvalue weighted by atomic mass is 16.6. The molecule has 2 fully saturated rings. The number of nitrogens with zero attached hydrogens (tertiary/aromatic N) is 1. The van der Waals surface area contributed by atoms with Gasteiger partial charge in [-0.05, 0) is 51.0 Å². The molecule has 5 heteroatoms. The van der Waals surface area contributed by atoms with Crippen molar-refractivity contribution in [2.75, 3.05) is 13.1 Å². The van der Waals surface area contributed by atoms with E-state index >= 15 is 0 Å². The largest absolute Gasteiger partial charge is 0.460 e. The predicted octanol–water partition coefficient (Wildman–Crippen LogP) is 3.62. The molecule has 2 aliphatic rings. The summed E-state index contributed by atoms with van der Waals surface area (Å²) in [4.78, 5) is 26.1. The van der Waals surface area contributed by atoms with Crippen molar-refractivity contribution >= 4 is 12.1 Å². The molecule has 0 N–H and O–H groups in total. The number of benzene rings is 1. The minimum Gasteiger partial charge on any atom is -0.460 e. The fourth-order valence-corrected chi connectivity index (χ4v) is 3.50. The molecule has 3 rings (SSSR count). The first-order chi connectivity index (χ1) is 11.8. The molecule has 1 aliphatic heterocycles. The van der Waals surface area contributed by atoms with Crippen molar-refractivity contribution in [1.82, 2.24) is 4.90 Å². The van der Waals surface area contributed by atoms with Crippen molar-refractivity contribution in [2.24, 2.45) is 17.8 Å². The maximum absolute atomic E-state index is 12.2. The van der Waals surface area contributed by atoms with Gasteiger partial charge in [0.2, 0.25) is 0 Å². The van der Waals surface area contributed by atoms with Gasteiger partial charge in [-0.2, -0.15) is 0 Å². The lowest BCUT2D eigenvalue weighted by molar-refractivity contribution is -0.157. The quantitative estimate of drug-likeness (QED) is 0.782. The molecule has 3 unspecified atom stereocenters. The summed E-state index contributed by atoms with van der Waals surface area (Å²) in [5.41, 5.74) is 0.548. The molecule has 3 atom stereocenters. The Kier molecular flexibility index (Phi) is 5.02. The van der Waals surface area contributed by atoms with E-state index in [2.05, 4.69) is 0 Å². The molecule has 1 aliphatic carbocycles. The third-order valence-corrected chi connectivity index (χ3v) is 4.84. The number of esters is 1. The van der Waals surface area contributed by atoms with Crippen molar-refractivity contribution in [3.63, 3.8) is 0 Å². The van der Waals surface area contributed by atoms with Gasteiger partial charge in [0.1, 0.15) is 12.2 Å².